The van der Waals surface area contributed by atoms with E-state index in [1.807, 2.05) is 32.0 Å². The Morgan fingerprint density at radius 3 is 2.43 bits per heavy atom. The Kier molecular flexibility index (Phi) is 6.16. The molecule has 1 aliphatic carbocycles. The number of aryl methyl sites for hydroxylation is 2. The molecule has 8 heteroatoms. The highest BCUT2D eigenvalue weighted by molar-refractivity contribution is 9.10. The van der Waals surface area contributed by atoms with Crippen LogP contribution in [0.5, 0.6) is 0 Å². The molecule has 0 N–H and O–H groups in total. The van der Waals surface area contributed by atoms with Crippen molar-refractivity contribution in [2.45, 2.75) is 31.7 Å². The van der Waals surface area contributed by atoms with E-state index in [4.69, 9.17) is 10.00 Å². The second-order valence-electron chi connectivity index (χ2n) is 7.43. The maximum Gasteiger partial charge on any atom is 0.194 e. The molecule has 0 bridgehead atoms. The first kappa shape index (κ1) is 22.2. The average molecular weight is 489 g/mol. The number of ketones is 1. The van der Waals surface area contributed by atoms with E-state index in [9.17, 15) is 13.2 Å². The van der Waals surface area contributed by atoms with Crippen LogP contribution >= 0.6 is 15.9 Å². The van der Waals surface area contributed by atoms with Crippen molar-refractivity contribution in [1.29, 1.82) is 5.26 Å². The molecule has 0 saturated heterocycles. The quantitative estimate of drug-likeness (QED) is 0.632. The number of Topliss-reactive ketones (excluding diaryl/α,β-unsaturated/α-hetero) is 1. The maximum atomic E-state index is 13.3. The molecule has 0 fully saturated rings. The molecule has 1 unspecified atom stereocenters. The Hall–Kier alpha value is -2.50. The summed E-state index contributed by atoms with van der Waals surface area (Å²) < 4.78 is 30.5. The monoisotopic (exact) mass is 488 g/mol. The SMILES string of the molecule is COC1=C(c2c(C)cc(Br)cc2C)C(=O)C(Cc2ccc(C#N)c(S(C)(=O)=O)n2)C1. The van der Waals surface area contributed by atoms with Crippen molar-refractivity contribution >= 4 is 37.1 Å². The fourth-order valence-electron chi connectivity index (χ4n) is 3.89. The highest BCUT2D eigenvalue weighted by atomic mass is 79.9. The molecule has 0 spiro atoms. The third kappa shape index (κ3) is 4.18. The van der Waals surface area contributed by atoms with Crippen LogP contribution in [0.15, 0.2) is 39.5 Å². The number of carbonyl (C=O) groups excluding carboxylic acids is 1. The molecular weight excluding hydrogens is 468 g/mol. The van der Waals surface area contributed by atoms with Gasteiger partial charge in [0.1, 0.15) is 11.8 Å². The Labute approximate surface area is 184 Å². The van der Waals surface area contributed by atoms with Crippen LogP contribution < -0.4 is 0 Å². The minimum absolute atomic E-state index is 0.00324. The smallest absolute Gasteiger partial charge is 0.194 e. The molecule has 0 radical (unpaired) electrons. The zero-order valence-electron chi connectivity index (χ0n) is 17.1. The second kappa shape index (κ2) is 8.32. The number of methoxy groups -OCH3 is 1. The van der Waals surface area contributed by atoms with Crippen molar-refractivity contribution in [2.24, 2.45) is 5.92 Å². The number of benzene rings is 1. The highest BCUT2D eigenvalue weighted by Crippen LogP contribution is 2.40. The lowest BCUT2D eigenvalue weighted by Crippen LogP contribution is -2.15. The van der Waals surface area contributed by atoms with Crippen LogP contribution in [-0.4, -0.2) is 32.6 Å². The summed E-state index contributed by atoms with van der Waals surface area (Å²) in [6.45, 7) is 3.91. The minimum atomic E-state index is -3.66. The number of hydrogen-bond acceptors (Lipinski definition) is 6. The molecule has 0 amide bonds. The first-order valence-electron chi connectivity index (χ1n) is 9.25. The molecular formula is C22H21BrN2O4S. The zero-order chi connectivity index (χ0) is 22.2. The number of nitriles is 1. The number of hydrogen-bond donors (Lipinski definition) is 0. The van der Waals surface area contributed by atoms with E-state index in [-0.39, 0.29) is 22.8 Å². The van der Waals surface area contributed by atoms with E-state index in [0.717, 1.165) is 27.4 Å². The number of rotatable bonds is 5. The van der Waals surface area contributed by atoms with Gasteiger partial charge >= 0.3 is 0 Å². The van der Waals surface area contributed by atoms with Crippen molar-refractivity contribution < 1.29 is 17.9 Å². The Morgan fingerprint density at radius 2 is 1.90 bits per heavy atom. The summed E-state index contributed by atoms with van der Waals surface area (Å²) in [7, 11) is -2.11. The van der Waals surface area contributed by atoms with Crippen LogP contribution in [0.1, 0.15) is 34.4 Å². The number of pyridine rings is 1. The number of carbonyl (C=O) groups is 1. The van der Waals surface area contributed by atoms with E-state index in [2.05, 4.69) is 20.9 Å². The van der Waals surface area contributed by atoms with E-state index in [1.54, 1.807) is 13.2 Å². The van der Waals surface area contributed by atoms with Gasteiger partial charge in [0.05, 0.1) is 18.2 Å². The standard InChI is InChI=1S/C22H21BrN2O4S/c1-12-7-16(23)8-13(2)19(12)20-18(29-3)10-15(21(20)26)9-17-6-5-14(11-24)22(25-17)30(4,27)28/h5-8,15H,9-10H2,1-4H3. The summed E-state index contributed by atoms with van der Waals surface area (Å²) in [6.07, 6.45) is 1.69. The lowest BCUT2D eigenvalue weighted by atomic mass is 9.91. The summed E-state index contributed by atoms with van der Waals surface area (Å²) in [4.78, 5) is 17.5. The molecule has 1 heterocycles. The van der Waals surface area contributed by atoms with Gasteiger partial charge in [-0.2, -0.15) is 5.26 Å². The third-order valence-corrected chi connectivity index (χ3v) is 6.64. The van der Waals surface area contributed by atoms with Gasteiger partial charge < -0.3 is 4.74 Å². The van der Waals surface area contributed by atoms with Gasteiger partial charge in [0.15, 0.2) is 20.6 Å². The van der Waals surface area contributed by atoms with Gasteiger partial charge in [-0.25, -0.2) is 13.4 Å². The molecule has 1 atom stereocenters. The van der Waals surface area contributed by atoms with Gasteiger partial charge in [0.25, 0.3) is 0 Å². The van der Waals surface area contributed by atoms with Crippen LogP contribution in [0.2, 0.25) is 0 Å². The largest absolute Gasteiger partial charge is 0.500 e. The molecule has 1 aromatic heterocycles. The first-order valence-corrected chi connectivity index (χ1v) is 11.9. The van der Waals surface area contributed by atoms with Gasteiger partial charge in [-0.05, 0) is 54.8 Å². The summed E-state index contributed by atoms with van der Waals surface area (Å²) in [5.74, 6) is 0.160. The van der Waals surface area contributed by atoms with E-state index in [0.29, 0.717) is 23.4 Å². The number of allylic oxidation sites excluding steroid dienone is 2. The van der Waals surface area contributed by atoms with Crippen LogP contribution in [0.3, 0.4) is 0 Å². The van der Waals surface area contributed by atoms with Crippen LogP contribution in [0, 0.1) is 31.1 Å². The molecule has 1 aromatic carbocycles. The topological polar surface area (TPSA) is 97.1 Å². The molecule has 1 aliphatic rings. The van der Waals surface area contributed by atoms with E-state index < -0.39 is 15.8 Å². The summed E-state index contributed by atoms with van der Waals surface area (Å²) in [6, 6.07) is 8.81. The molecule has 156 valence electrons. The van der Waals surface area contributed by atoms with Crippen LogP contribution in [0.25, 0.3) is 5.57 Å². The number of aromatic nitrogens is 1. The zero-order valence-corrected chi connectivity index (χ0v) is 19.5. The van der Waals surface area contributed by atoms with Crippen molar-refractivity contribution in [3.63, 3.8) is 0 Å². The fourth-order valence-corrected chi connectivity index (χ4v) is 5.37. The summed E-state index contributed by atoms with van der Waals surface area (Å²) in [5, 5.41) is 8.91. The second-order valence-corrected chi connectivity index (χ2v) is 10.3. The van der Waals surface area contributed by atoms with Gasteiger partial charge in [-0.3, -0.25) is 4.79 Å². The molecule has 3 rings (SSSR count). The molecule has 30 heavy (non-hydrogen) atoms. The number of nitrogens with zero attached hydrogens (tertiary/aromatic N) is 2. The van der Waals surface area contributed by atoms with Gasteiger partial charge in [0.2, 0.25) is 0 Å². The Bertz CT molecular complexity index is 1200. The van der Waals surface area contributed by atoms with Crippen molar-refractivity contribution in [3.8, 4) is 6.07 Å². The van der Waals surface area contributed by atoms with Gasteiger partial charge in [-0.15, -0.1) is 0 Å². The van der Waals surface area contributed by atoms with E-state index >= 15 is 0 Å². The van der Waals surface area contributed by atoms with E-state index in [1.165, 1.54) is 6.07 Å². The van der Waals surface area contributed by atoms with Gasteiger partial charge in [0, 0.05) is 35.2 Å². The van der Waals surface area contributed by atoms with Crippen molar-refractivity contribution in [2.75, 3.05) is 13.4 Å². The van der Waals surface area contributed by atoms with Gasteiger partial charge in [-0.1, -0.05) is 15.9 Å². The normalized spacial score (nSPS) is 16.7. The van der Waals surface area contributed by atoms with Crippen molar-refractivity contribution in [1.82, 2.24) is 4.98 Å². The Balaban J connectivity index is 1.98. The predicted octanol–water partition coefficient (Wildman–Crippen LogP) is 3.93. The third-order valence-electron chi connectivity index (χ3n) is 5.17. The van der Waals surface area contributed by atoms with Crippen LogP contribution in [0.4, 0.5) is 0 Å². The maximum absolute atomic E-state index is 13.3. The minimum Gasteiger partial charge on any atom is -0.500 e. The fraction of sp³-hybridized carbons (Fsp3) is 0.318. The predicted molar refractivity (Wildman–Crippen MR) is 116 cm³/mol. The number of halogens is 1. The average Bonchev–Trinajstić information content (AvgIpc) is 2.96. The Morgan fingerprint density at radius 1 is 1.27 bits per heavy atom. The number of ether oxygens (including phenoxy) is 1. The molecule has 0 aliphatic heterocycles. The summed E-state index contributed by atoms with van der Waals surface area (Å²) >= 11 is 3.48. The lowest BCUT2D eigenvalue weighted by molar-refractivity contribution is -0.116. The molecule has 0 saturated carbocycles. The highest BCUT2D eigenvalue weighted by Gasteiger charge is 2.36. The first-order chi connectivity index (χ1) is 14.1. The van der Waals surface area contributed by atoms with Crippen LogP contribution in [-0.2, 0) is 25.8 Å². The molecule has 6 nitrogen and oxygen atoms in total. The molecule has 2 aromatic rings. The number of sulfone groups is 1. The lowest BCUT2D eigenvalue weighted by Gasteiger charge is -2.14. The van der Waals surface area contributed by atoms with Crippen molar-refractivity contribution in [3.05, 3.63) is 62.4 Å². The summed E-state index contributed by atoms with van der Waals surface area (Å²) in [5.41, 5.74) is 3.83.